The molecular weight excluding hydrogens is 226 g/mol. The van der Waals surface area contributed by atoms with Gasteiger partial charge in [0.2, 0.25) is 0 Å². The number of nitrogens with two attached hydrogens (primary N) is 1. The van der Waals surface area contributed by atoms with E-state index in [0.717, 1.165) is 36.6 Å². The Morgan fingerprint density at radius 3 is 2.94 bits per heavy atom. The highest BCUT2D eigenvalue weighted by Crippen LogP contribution is 2.23. The van der Waals surface area contributed by atoms with Gasteiger partial charge in [-0.1, -0.05) is 6.92 Å². The summed E-state index contributed by atoms with van der Waals surface area (Å²) in [6.45, 7) is 8.57. The number of hydrogen-bond donors (Lipinski definition) is 1. The predicted octanol–water partition coefficient (Wildman–Crippen LogP) is 1.85. The van der Waals surface area contributed by atoms with E-state index in [9.17, 15) is 0 Å². The number of hydrogen-bond acceptors (Lipinski definition) is 4. The first-order valence-electron chi connectivity index (χ1n) is 6.70. The molecule has 1 aromatic rings. The molecule has 1 saturated heterocycles. The maximum Gasteiger partial charge on any atom is 0.129 e. The van der Waals surface area contributed by atoms with E-state index in [-0.39, 0.29) is 6.10 Å². The smallest absolute Gasteiger partial charge is 0.129 e. The molecule has 1 fully saturated rings. The molecule has 0 aliphatic carbocycles. The zero-order valence-electron chi connectivity index (χ0n) is 11.5. The second-order valence-electron chi connectivity index (χ2n) is 5.04. The first-order valence-corrected chi connectivity index (χ1v) is 6.70. The molecule has 0 radical (unpaired) electrons. The Morgan fingerprint density at radius 1 is 1.50 bits per heavy atom. The van der Waals surface area contributed by atoms with E-state index in [4.69, 9.17) is 10.5 Å². The van der Waals surface area contributed by atoms with E-state index >= 15 is 0 Å². The summed E-state index contributed by atoms with van der Waals surface area (Å²) in [4.78, 5) is 7.01. The number of aromatic nitrogens is 1. The van der Waals surface area contributed by atoms with Crippen molar-refractivity contribution in [2.75, 3.05) is 18.1 Å². The van der Waals surface area contributed by atoms with E-state index < -0.39 is 0 Å². The fourth-order valence-corrected chi connectivity index (χ4v) is 2.45. The van der Waals surface area contributed by atoms with Crippen molar-refractivity contribution in [3.63, 3.8) is 0 Å². The fraction of sp³-hybridized carbons (Fsp3) is 0.643. The minimum absolute atomic E-state index is 0.261. The third-order valence-electron chi connectivity index (χ3n) is 3.47. The van der Waals surface area contributed by atoms with Crippen molar-refractivity contribution >= 4 is 5.82 Å². The maximum atomic E-state index is 5.74. The standard InChI is InChI=1S/C14H23N3O/c1-4-13-9-18-11(3)8-17(13)14-6-12(7-15)5-10(2)16-14/h5-6,11,13H,4,7-9,15H2,1-3H3. The minimum atomic E-state index is 0.261. The highest BCUT2D eigenvalue weighted by atomic mass is 16.5. The molecular formula is C14H23N3O. The summed E-state index contributed by atoms with van der Waals surface area (Å²) >= 11 is 0. The van der Waals surface area contributed by atoms with E-state index in [2.05, 4.69) is 29.8 Å². The molecule has 2 rings (SSSR count). The van der Waals surface area contributed by atoms with Crippen LogP contribution in [0.1, 0.15) is 31.5 Å². The van der Waals surface area contributed by atoms with Gasteiger partial charge in [0.05, 0.1) is 18.8 Å². The summed E-state index contributed by atoms with van der Waals surface area (Å²) in [5, 5.41) is 0. The Labute approximate surface area is 109 Å². The Kier molecular flexibility index (Phi) is 4.19. The summed E-state index contributed by atoms with van der Waals surface area (Å²) in [6, 6.07) is 4.57. The lowest BCUT2D eigenvalue weighted by Gasteiger charge is -2.39. The Balaban J connectivity index is 2.29. The van der Waals surface area contributed by atoms with Gasteiger partial charge in [-0.2, -0.15) is 0 Å². The molecule has 0 saturated carbocycles. The van der Waals surface area contributed by atoms with Gasteiger partial charge >= 0.3 is 0 Å². The van der Waals surface area contributed by atoms with Crippen LogP contribution in [0.5, 0.6) is 0 Å². The van der Waals surface area contributed by atoms with Crippen LogP contribution in [0.2, 0.25) is 0 Å². The van der Waals surface area contributed by atoms with Crippen LogP contribution < -0.4 is 10.6 Å². The lowest BCUT2D eigenvalue weighted by atomic mass is 10.1. The number of morpholine rings is 1. The molecule has 2 atom stereocenters. The van der Waals surface area contributed by atoms with Crippen molar-refractivity contribution in [3.05, 3.63) is 23.4 Å². The molecule has 2 N–H and O–H groups in total. The van der Waals surface area contributed by atoms with Crippen molar-refractivity contribution in [3.8, 4) is 0 Å². The quantitative estimate of drug-likeness (QED) is 0.888. The highest BCUT2D eigenvalue weighted by Gasteiger charge is 2.26. The summed E-state index contributed by atoms with van der Waals surface area (Å²) in [7, 11) is 0. The molecule has 0 bridgehead atoms. The molecule has 1 aromatic heterocycles. The van der Waals surface area contributed by atoms with Crippen LogP contribution in [0.25, 0.3) is 0 Å². The van der Waals surface area contributed by atoms with Gasteiger partial charge < -0.3 is 15.4 Å². The van der Waals surface area contributed by atoms with Gasteiger partial charge in [-0.3, -0.25) is 0 Å². The van der Waals surface area contributed by atoms with Gasteiger partial charge in [0.1, 0.15) is 5.82 Å². The Bertz CT molecular complexity index is 408. The summed E-state index contributed by atoms with van der Waals surface area (Å²) in [6.07, 6.45) is 1.33. The molecule has 1 aliphatic rings. The van der Waals surface area contributed by atoms with Crippen molar-refractivity contribution in [1.29, 1.82) is 0 Å². The average molecular weight is 249 g/mol. The highest BCUT2D eigenvalue weighted by molar-refractivity contribution is 5.44. The van der Waals surface area contributed by atoms with Crippen LogP contribution in [0.15, 0.2) is 12.1 Å². The molecule has 1 aliphatic heterocycles. The van der Waals surface area contributed by atoms with Gasteiger partial charge in [-0.05, 0) is 38.0 Å². The van der Waals surface area contributed by atoms with Crippen molar-refractivity contribution in [1.82, 2.24) is 4.98 Å². The molecule has 100 valence electrons. The third-order valence-corrected chi connectivity index (χ3v) is 3.47. The normalized spacial score (nSPS) is 24.3. The number of aryl methyl sites for hydroxylation is 1. The van der Waals surface area contributed by atoms with Gasteiger partial charge in [-0.15, -0.1) is 0 Å². The SMILES string of the molecule is CCC1COC(C)CN1c1cc(CN)cc(C)n1. The number of pyridine rings is 1. The molecule has 4 heteroatoms. The van der Waals surface area contributed by atoms with E-state index in [0.29, 0.717) is 12.6 Å². The summed E-state index contributed by atoms with van der Waals surface area (Å²) in [5.74, 6) is 1.04. The van der Waals surface area contributed by atoms with Crippen molar-refractivity contribution in [2.45, 2.75) is 45.9 Å². The number of nitrogens with zero attached hydrogens (tertiary/aromatic N) is 2. The minimum Gasteiger partial charge on any atom is -0.375 e. The van der Waals surface area contributed by atoms with Gasteiger partial charge in [-0.25, -0.2) is 4.98 Å². The summed E-state index contributed by atoms with van der Waals surface area (Å²) < 4.78 is 5.73. The van der Waals surface area contributed by atoms with Crippen LogP contribution in [-0.4, -0.2) is 30.3 Å². The molecule has 0 amide bonds. The average Bonchev–Trinajstić information content (AvgIpc) is 2.38. The first-order chi connectivity index (χ1) is 8.63. The van der Waals surface area contributed by atoms with Crippen LogP contribution in [-0.2, 0) is 11.3 Å². The van der Waals surface area contributed by atoms with E-state index in [1.54, 1.807) is 0 Å². The monoisotopic (exact) mass is 249 g/mol. The maximum absolute atomic E-state index is 5.74. The van der Waals surface area contributed by atoms with Crippen molar-refractivity contribution < 1.29 is 4.74 Å². The topological polar surface area (TPSA) is 51.4 Å². The molecule has 2 unspecified atom stereocenters. The van der Waals surface area contributed by atoms with Gasteiger partial charge in [0, 0.05) is 18.8 Å². The second kappa shape index (κ2) is 5.67. The van der Waals surface area contributed by atoms with Crippen molar-refractivity contribution in [2.24, 2.45) is 5.73 Å². The molecule has 2 heterocycles. The Hall–Kier alpha value is -1.13. The molecule has 4 nitrogen and oxygen atoms in total. The molecule has 0 aromatic carbocycles. The third kappa shape index (κ3) is 2.82. The zero-order valence-corrected chi connectivity index (χ0v) is 11.5. The summed E-state index contributed by atoms with van der Waals surface area (Å²) in [5.41, 5.74) is 7.92. The number of ether oxygens (including phenoxy) is 1. The lowest BCUT2D eigenvalue weighted by molar-refractivity contribution is 0.0296. The van der Waals surface area contributed by atoms with E-state index in [1.165, 1.54) is 0 Å². The van der Waals surface area contributed by atoms with Crippen LogP contribution >= 0.6 is 0 Å². The molecule has 0 spiro atoms. The van der Waals surface area contributed by atoms with Crippen LogP contribution in [0.4, 0.5) is 5.82 Å². The fourth-order valence-electron chi connectivity index (χ4n) is 2.45. The number of anilines is 1. The zero-order chi connectivity index (χ0) is 13.1. The first kappa shape index (κ1) is 13.3. The van der Waals surface area contributed by atoms with Gasteiger partial charge in [0.15, 0.2) is 0 Å². The predicted molar refractivity (Wildman–Crippen MR) is 73.7 cm³/mol. The number of rotatable bonds is 3. The molecule has 18 heavy (non-hydrogen) atoms. The Morgan fingerprint density at radius 2 is 2.28 bits per heavy atom. The van der Waals surface area contributed by atoms with Gasteiger partial charge in [0.25, 0.3) is 0 Å². The lowest BCUT2D eigenvalue weighted by Crippen LogP contribution is -2.49. The second-order valence-corrected chi connectivity index (χ2v) is 5.04. The van der Waals surface area contributed by atoms with Crippen LogP contribution in [0.3, 0.4) is 0 Å². The largest absolute Gasteiger partial charge is 0.375 e. The van der Waals surface area contributed by atoms with E-state index in [1.807, 2.05) is 13.0 Å². The van der Waals surface area contributed by atoms with Crippen LogP contribution in [0, 0.1) is 6.92 Å².